The first kappa shape index (κ1) is 20.9. The maximum Gasteiger partial charge on any atom is 0.349 e. The molecule has 0 fully saturated rings. The van der Waals surface area contributed by atoms with Gasteiger partial charge in [-0.15, -0.1) is 0 Å². The van der Waals surface area contributed by atoms with Crippen molar-refractivity contribution in [3.63, 3.8) is 0 Å². The normalized spacial score (nSPS) is 17.6. The zero-order valence-corrected chi connectivity index (χ0v) is 17.0. The molecule has 0 amide bonds. The number of aryl methyl sites for hydroxylation is 1. The smallest absolute Gasteiger partial charge is 0.349 e. The van der Waals surface area contributed by atoms with Gasteiger partial charge in [-0.3, -0.25) is 0 Å². The van der Waals surface area contributed by atoms with Crippen LogP contribution in [0.1, 0.15) is 46.3 Å². The first-order valence-corrected chi connectivity index (χ1v) is 9.17. The second kappa shape index (κ2) is 8.99. The number of allylic oxidation sites excluding steroid dienone is 3. The van der Waals surface area contributed by atoms with Gasteiger partial charge in [0.25, 0.3) is 0 Å². The molecule has 1 N–H and O–H groups in total. The Morgan fingerprint density at radius 2 is 2.07 bits per heavy atom. The summed E-state index contributed by atoms with van der Waals surface area (Å²) < 4.78 is 16.3. The van der Waals surface area contributed by atoms with Gasteiger partial charge in [0.2, 0.25) is 5.89 Å². The van der Waals surface area contributed by atoms with E-state index in [1.165, 1.54) is 0 Å². The fourth-order valence-electron chi connectivity index (χ4n) is 2.75. The highest BCUT2D eigenvalue weighted by atomic mass is 16.6. The van der Waals surface area contributed by atoms with Gasteiger partial charge >= 0.3 is 5.97 Å². The number of aromatic nitrogens is 2. The molecule has 148 valence electrons. The summed E-state index contributed by atoms with van der Waals surface area (Å²) in [5.74, 6) is 1.71. The Morgan fingerprint density at radius 1 is 1.33 bits per heavy atom. The molecule has 1 aromatic rings. The number of nitrogens with zero attached hydrogens (tertiary/aromatic N) is 2. The van der Waals surface area contributed by atoms with Gasteiger partial charge in [-0.05, 0) is 52.7 Å². The topological polar surface area (TPSA) is 86.5 Å². The fraction of sp³-hybridized carbons (Fsp3) is 0.550. The molecule has 0 spiro atoms. The number of hydrogen-bond acceptors (Lipinski definition) is 7. The average Bonchev–Trinajstić information content (AvgIpc) is 2.97. The van der Waals surface area contributed by atoms with Crippen LogP contribution in [0, 0.1) is 12.8 Å². The van der Waals surface area contributed by atoms with Gasteiger partial charge in [0.15, 0.2) is 11.4 Å². The Labute approximate surface area is 160 Å². The van der Waals surface area contributed by atoms with E-state index in [-0.39, 0.29) is 11.9 Å². The zero-order valence-electron chi connectivity index (χ0n) is 17.0. The predicted octanol–water partition coefficient (Wildman–Crippen LogP) is 3.23. The Morgan fingerprint density at radius 3 is 2.70 bits per heavy atom. The molecule has 0 aliphatic heterocycles. The summed E-state index contributed by atoms with van der Waals surface area (Å²) in [6.45, 7) is 12.5. The SMILES string of the molecule is CCOC(=O)C(C)(C)OC1=C(C)C=CC(CNCc2nc(C)no2)C=C1C. The van der Waals surface area contributed by atoms with Crippen molar-refractivity contribution in [2.45, 2.75) is 53.7 Å². The summed E-state index contributed by atoms with van der Waals surface area (Å²) in [5.41, 5.74) is 0.898. The fourth-order valence-corrected chi connectivity index (χ4v) is 2.75. The Kier molecular flexibility index (Phi) is 6.96. The molecule has 27 heavy (non-hydrogen) atoms. The number of ether oxygens (including phenoxy) is 2. The largest absolute Gasteiger partial charge is 0.476 e. The van der Waals surface area contributed by atoms with Crippen LogP contribution in [-0.2, 0) is 20.8 Å². The van der Waals surface area contributed by atoms with Crippen LogP contribution in [0.25, 0.3) is 0 Å². The highest BCUT2D eigenvalue weighted by Gasteiger charge is 2.33. The van der Waals surface area contributed by atoms with E-state index >= 15 is 0 Å². The van der Waals surface area contributed by atoms with E-state index in [1.54, 1.807) is 27.7 Å². The molecule has 1 aliphatic rings. The van der Waals surface area contributed by atoms with Crippen LogP contribution in [0.4, 0.5) is 0 Å². The molecule has 1 aromatic heterocycles. The van der Waals surface area contributed by atoms with Crippen LogP contribution in [0.3, 0.4) is 0 Å². The molecular formula is C20H29N3O4. The van der Waals surface area contributed by atoms with Gasteiger partial charge in [-0.1, -0.05) is 23.4 Å². The number of esters is 1. The summed E-state index contributed by atoms with van der Waals surface area (Å²) in [6.07, 6.45) is 6.25. The summed E-state index contributed by atoms with van der Waals surface area (Å²) >= 11 is 0. The molecule has 1 atom stereocenters. The van der Waals surface area contributed by atoms with Crippen molar-refractivity contribution in [3.05, 3.63) is 46.8 Å². The summed E-state index contributed by atoms with van der Waals surface area (Å²) in [4.78, 5) is 16.3. The number of hydrogen-bond donors (Lipinski definition) is 1. The van der Waals surface area contributed by atoms with Crippen molar-refractivity contribution < 1.29 is 18.8 Å². The van der Waals surface area contributed by atoms with E-state index in [0.29, 0.717) is 30.6 Å². The molecule has 1 unspecified atom stereocenters. The molecule has 7 heteroatoms. The highest BCUT2D eigenvalue weighted by Crippen LogP contribution is 2.28. The molecule has 0 bridgehead atoms. The maximum absolute atomic E-state index is 12.1. The molecule has 0 radical (unpaired) electrons. The van der Waals surface area contributed by atoms with Gasteiger partial charge in [0.1, 0.15) is 5.76 Å². The van der Waals surface area contributed by atoms with Crippen molar-refractivity contribution in [2.75, 3.05) is 13.2 Å². The number of carbonyl (C=O) groups excluding carboxylic acids is 1. The quantitative estimate of drug-likeness (QED) is 0.698. The van der Waals surface area contributed by atoms with Crippen molar-refractivity contribution in [1.29, 1.82) is 0 Å². The molecule has 2 rings (SSSR count). The molecule has 7 nitrogen and oxygen atoms in total. The minimum absolute atomic E-state index is 0.177. The lowest BCUT2D eigenvalue weighted by Gasteiger charge is -2.27. The first-order chi connectivity index (χ1) is 12.7. The zero-order chi connectivity index (χ0) is 20.0. The van der Waals surface area contributed by atoms with Gasteiger partial charge in [0, 0.05) is 12.5 Å². The highest BCUT2D eigenvalue weighted by molar-refractivity contribution is 5.78. The van der Waals surface area contributed by atoms with Crippen LogP contribution in [-0.4, -0.2) is 34.9 Å². The van der Waals surface area contributed by atoms with Gasteiger partial charge in [-0.25, -0.2) is 4.79 Å². The van der Waals surface area contributed by atoms with E-state index in [2.05, 4.69) is 27.6 Å². The summed E-state index contributed by atoms with van der Waals surface area (Å²) in [6, 6.07) is 0. The lowest BCUT2D eigenvalue weighted by Crippen LogP contribution is -2.36. The van der Waals surface area contributed by atoms with Crippen molar-refractivity contribution in [3.8, 4) is 0 Å². The molecule has 1 aliphatic carbocycles. The van der Waals surface area contributed by atoms with E-state index in [0.717, 1.165) is 17.7 Å². The number of nitrogens with one attached hydrogen (secondary N) is 1. The lowest BCUT2D eigenvalue weighted by molar-refractivity contribution is -0.163. The number of rotatable bonds is 8. The third-order valence-corrected chi connectivity index (χ3v) is 4.12. The van der Waals surface area contributed by atoms with Crippen LogP contribution in [0.5, 0.6) is 0 Å². The minimum atomic E-state index is -1.05. The molecule has 0 saturated heterocycles. The molecule has 0 saturated carbocycles. The first-order valence-electron chi connectivity index (χ1n) is 9.17. The van der Waals surface area contributed by atoms with Gasteiger partial charge in [0.05, 0.1) is 13.2 Å². The molecular weight excluding hydrogens is 346 g/mol. The van der Waals surface area contributed by atoms with E-state index in [9.17, 15) is 4.79 Å². The van der Waals surface area contributed by atoms with Gasteiger partial charge < -0.3 is 19.3 Å². The average molecular weight is 375 g/mol. The van der Waals surface area contributed by atoms with Crippen molar-refractivity contribution in [1.82, 2.24) is 15.5 Å². The van der Waals surface area contributed by atoms with Crippen LogP contribution in [0.15, 0.2) is 39.7 Å². The van der Waals surface area contributed by atoms with E-state index < -0.39 is 5.60 Å². The van der Waals surface area contributed by atoms with Gasteiger partial charge in [-0.2, -0.15) is 4.98 Å². The maximum atomic E-state index is 12.1. The van der Waals surface area contributed by atoms with Crippen LogP contribution in [0.2, 0.25) is 0 Å². The lowest BCUT2D eigenvalue weighted by atomic mass is 10.1. The third kappa shape index (κ3) is 5.79. The Balaban J connectivity index is 2.01. The van der Waals surface area contributed by atoms with E-state index in [1.807, 2.05) is 19.9 Å². The second-order valence-corrected chi connectivity index (χ2v) is 7.08. The minimum Gasteiger partial charge on any atom is -0.476 e. The summed E-state index contributed by atoms with van der Waals surface area (Å²) in [5, 5.41) is 7.10. The Hall–Kier alpha value is -2.41. The van der Waals surface area contributed by atoms with Crippen molar-refractivity contribution in [2.24, 2.45) is 5.92 Å². The van der Waals surface area contributed by atoms with Crippen molar-refractivity contribution >= 4 is 5.97 Å². The van der Waals surface area contributed by atoms with Crippen LogP contribution >= 0.6 is 0 Å². The van der Waals surface area contributed by atoms with Crippen LogP contribution < -0.4 is 5.32 Å². The summed E-state index contributed by atoms with van der Waals surface area (Å²) in [7, 11) is 0. The third-order valence-electron chi connectivity index (χ3n) is 4.12. The number of carbonyl (C=O) groups is 1. The molecule has 0 aromatic carbocycles. The standard InChI is InChI=1S/C20H29N3O4/c1-7-25-19(24)20(5,6)26-18-13(2)8-9-16(10-14(18)3)11-21-12-17-22-15(4)23-27-17/h8-10,16,21H,7,11-12H2,1-6H3. The van der Waals surface area contributed by atoms with E-state index in [4.69, 9.17) is 14.0 Å². The Bertz CT molecular complexity index is 759. The monoisotopic (exact) mass is 375 g/mol. The predicted molar refractivity (Wildman–Crippen MR) is 102 cm³/mol. The molecule has 1 heterocycles. The second-order valence-electron chi connectivity index (χ2n) is 7.08.